The van der Waals surface area contributed by atoms with Gasteiger partial charge >= 0.3 is 0 Å². The lowest BCUT2D eigenvalue weighted by molar-refractivity contribution is 0.217. The van der Waals surface area contributed by atoms with Gasteiger partial charge in [-0.2, -0.15) is 0 Å². The number of hydrogen-bond acceptors (Lipinski definition) is 2. The van der Waals surface area contributed by atoms with Gasteiger partial charge in [-0.3, -0.25) is 0 Å². The highest BCUT2D eigenvalue weighted by Crippen LogP contribution is 2.54. The topological polar surface area (TPSA) is 29.5 Å². The van der Waals surface area contributed by atoms with Crippen LogP contribution in [0.25, 0.3) is 0 Å². The molecule has 3 heteroatoms. The molecule has 3 aromatic carbocycles. The Morgan fingerprint density at radius 3 is 1.73 bits per heavy atom. The zero-order valence-corrected chi connectivity index (χ0v) is 19.2. The fraction of sp³-hybridized carbons (Fsp3) is 0.333. The van der Waals surface area contributed by atoms with Gasteiger partial charge in [0.25, 0.3) is 8.32 Å². The standard InChI is InChI=1S/C27H32O2Si/c1-26(2,3)30(24-15-9-5-10-16-24,25-17-11-6-12-18-25)29-20-23-19-27(23,21-28)22-13-7-4-8-14-22/h4-18,23,28H,19-21H2,1-3H3. The minimum atomic E-state index is -2.53. The number of benzene rings is 3. The summed E-state index contributed by atoms with van der Waals surface area (Å²) in [6.45, 7) is 7.77. The first-order chi connectivity index (χ1) is 14.4. The maximum Gasteiger partial charge on any atom is 0.261 e. The third-order valence-electron chi connectivity index (χ3n) is 6.78. The van der Waals surface area contributed by atoms with Crippen molar-refractivity contribution in [3.8, 4) is 0 Å². The van der Waals surface area contributed by atoms with Gasteiger partial charge in [0.05, 0.1) is 6.61 Å². The molecule has 0 spiro atoms. The number of hydrogen-bond donors (Lipinski definition) is 1. The van der Waals surface area contributed by atoms with Crippen LogP contribution in [0.4, 0.5) is 0 Å². The molecule has 0 radical (unpaired) electrons. The first-order valence-electron chi connectivity index (χ1n) is 10.9. The molecule has 156 valence electrons. The van der Waals surface area contributed by atoms with Crippen LogP contribution in [-0.4, -0.2) is 26.6 Å². The predicted octanol–water partition coefficient (Wildman–Crippen LogP) is 4.51. The molecule has 4 rings (SSSR count). The van der Waals surface area contributed by atoms with Crippen LogP contribution >= 0.6 is 0 Å². The molecule has 0 aliphatic heterocycles. The Kier molecular flexibility index (Phi) is 5.71. The first-order valence-corrected chi connectivity index (χ1v) is 12.8. The second-order valence-corrected chi connectivity index (χ2v) is 13.9. The highest BCUT2D eigenvalue weighted by atomic mass is 28.4. The summed E-state index contributed by atoms with van der Waals surface area (Å²) in [5.74, 6) is 0.339. The van der Waals surface area contributed by atoms with E-state index in [0.29, 0.717) is 12.5 Å². The average Bonchev–Trinajstić information content (AvgIpc) is 3.50. The minimum absolute atomic E-state index is 0.0286. The van der Waals surface area contributed by atoms with Crippen LogP contribution in [0.5, 0.6) is 0 Å². The summed E-state index contributed by atoms with van der Waals surface area (Å²) < 4.78 is 7.10. The Hall–Kier alpha value is -2.20. The molecule has 1 saturated carbocycles. The lowest BCUT2D eigenvalue weighted by Gasteiger charge is -2.43. The molecule has 0 bridgehead atoms. The summed E-state index contributed by atoms with van der Waals surface area (Å²) >= 11 is 0. The lowest BCUT2D eigenvalue weighted by atomic mass is 9.94. The lowest BCUT2D eigenvalue weighted by Crippen LogP contribution is -2.66. The van der Waals surface area contributed by atoms with Crippen molar-refractivity contribution in [2.45, 2.75) is 37.6 Å². The van der Waals surface area contributed by atoms with Crippen LogP contribution in [0.1, 0.15) is 32.8 Å². The van der Waals surface area contributed by atoms with Crippen molar-refractivity contribution in [1.82, 2.24) is 0 Å². The smallest absolute Gasteiger partial charge is 0.261 e. The number of rotatable bonds is 7. The van der Waals surface area contributed by atoms with Crippen LogP contribution in [0, 0.1) is 5.92 Å². The van der Waals surface area contributed by atoms with Gasteiger partial charge in [0.1, 0.15) is 0 Å². The zero-order chi connectivity index (χ0) is 21.2. The van der Waals surface area contributed by atoms with E-state index < -0.39 is 8.32 Å². The van der Waals surface area contributed by atoms with Crippen LogP contribution in [-0.2, 0) is 9.84 Å². The monoisotopic (exact) mass is 416 g/mol. The van der Waals surface area contributed by atoms with Gasteiger partial charge in [-0.05, 0) is 33.3 Å². The molecule has 1 N–H and O–H groups in total. The van der Waals surface area contributed by atoms with E-state index in [9.17, 15) is 5.11 Å². The van der Waals surface area contributed by atoms with Crippen molar-refractivity contribution in [3.63, 3.8) is 0 Å². The molecule has 0 saturated heterocycles. The second kappa shape index (κ2) is 8.14. The van der Waals surface area contributed by atoms with Gasteiger partial charge in [-0.25, -0.2) is 0 Å². The van der Waals surface area contributed by atoms with Crippen molar-refractivity contribution in [2.24, 2.45) is 5.92 Å². The van der Waals surface area contributed by atoms with Gasteiger partial charge in [-0.15, -0.1) is 0 Å². The highest BCUT2D eigenvalue weighted by Gasteiger charge is 2.57. The van der Waals surface area contributed by atoms with E-state index in [1.165, 1.54) is 15.9 Å². The van der Waals surface area contributed by atoms with E-state index in [1.54, 1.807) is 0 Å². The predicted molar refractivity (Wildman–Crippen MR) is 127 cm³/mol. The van der Waals surface area contributed by atoms with Gasteiger partial charge in [0.2, 0.25) is 0 Å². The van der Waals surface area contributed by atoms with E-state index in [0.717, 1.165) is 6.42 Å². The fourth-order valence-corrected chi connectivity index (χ4v) is 9.60. The summed E-state index contributed by atoms with van der Waals surface area (Å²) in [7, 11) is -2.53. The molecule has 0 aromatic heterocycles. The molecule has 2 atom stereocenters. The summed E-state index contributed by atoms with van der Waals surface area (Å²) in [6.07, 6.45) is 0.978. The Bertz CT molecular complexity index is 911. The van der Waals surface area contributed by atoms with E-state index >= 15 is 0 Å². The molecule has 1 fully saturated rings. The third kappa shape index (κ3) is 3.56. The number of aliphatic hydroxyl groups excluding tert-OH is 1. The Balaban J connectivity index is 1.70. The maximum absolute atomic E-state index is 10.3. The molecule has 2 unspecified atom stereocenters. The van der Waals surface area contributed by atoms with Crippen LogP contribution < -0.4 is 10.4 Å². The van der Waals surface area contributed by atoms with Crippen molar-refractivity contribution >= 4 is 18.7 Å². The molecular formula is C27H32O2Si. The maximum atomic E-state index is 10.3. The van der Waals surface area contributed by atoms with Crippen LogP contribution in [0.15, 0.2) is 91.0 Å². The molecule has 0 amide bonds. The van der Waals surface area contributed by atoms with Crippen molar-refractivity contribution < 1.29 is 9.53 Å². The quantitative estimate of drug-likeness (QED) is 0.574. The summed E-state index contributed by atoms with van der Waals surface area (Å²) in [5.41, 5.74) is 1.07. The molecule has 30 heavy (non-hydrogen) atoms. The van der Waals surface area contributed by atoms with E-state index in [-0.39, 0.29) is 17.1 Å². The average molecular weight is 417 g/mol. The van der Waals surface area contributed by atoms with Gasteiger partial charge in [0.15, 0.2) is 0 Å². The zero-order valence-electron chi connectivity index (χ0n) is 18.2. The Morgan fingerprint density at radius 2 is 1.30 bits per heavy atom. The molecule has 1 aliphatic carbocycles. The Morgan fingerprint density at radius 1 is 0.833 bits per heavy atom. The normalized spacial score (nSPS) is 21.4. The number of aliphatic hydroxyl groups is 1. The first kappa shape index (κ1) is 21.0. The fourth-order valence-electron chi connectivity index (χ4n) is 4.99. The third-order valence-corrected chi connectivity index (χ3v) is 11.8. The van der Waals surface area contributed by atoms with Crippen molar-refractivity contribution in [2.75, 3.05) is 13.2 Å². The molecule has 1 aliphatic rings. The van der Waals surface area contributed by atoms with E-state index in [2.05, 4.69) is 106 Å². The van der Waals surface area contributed by atoms with E-state index in [4.69, 9.17) is 4.43 Å². The molecular weight excluding hydrogens is 384 g/mol. The van der Waals surface area contributed by atoms with Crippen molar-refractivity contribution in [3.05, 3.63) is 96.6 Å². The van der Waals surface area contributed by atoms with Gasteiger partial charge in [0, 0.05) is 12.0 Å². The minimum Gasteiger partial charge on any atom is -0.407 e. The summed E-state index contributed by atoms with van der Waals surface area (Å²) in [5, 5.41) is 12.8. The summed E-state index contributed by atoms with van der Waals surface area (Å²) in [6, 6.07) is 32.0. The molecule has 2 nitrogen and oxygen atoms in total. The second-order valence-electron chi connectivity index (χ2n) is 9.56. The van der Waals surface area contributed by atoms with Gasteiger partial charge in [-0.1, -0.05) is 112 Å². The SMILES string of the molecule is CC(C)(C)[Si](OCC1CC1(CO)c1ccccc1)(c1ccccc1)c1ccccc1. The molecule has 3 aromatic rings. The van der Waals surface area contributed by atoms with Crippen molar-refractivity contribution in [1.29, 1.82) is 0 Å². The largest absolute Gasteiger partial charge is 0.407 e. The van der Waals surface area contributed by atoms with E-state index in [1.807, 2.05) is 6.07 Å². The van der Waals surface area contributed by atoms with Crippen LogP contribution in [0.3, 0.4) is 0 Å². The van der Waals surface area contributed by atoms with Crippen LogP contribution in [0.2, 0.25) is 5.04 Å². The summed E-state index contributed by atoms with van der Waals surface area (Å²) in [4.78, 5) is 0. The van der Waals surface area contributed by atoms with Gasteiger partial charge < -0.3 is 9.53 Å². The molecule has 0 heterocycles. The Labute approximate surface area is 181 Å². The highest BCUT2D eigenvalue weighted by molar-refractivity contribution is 6.99.